The maximum Gasteiger partial charge on any atom is 0.323 e. The topological polar surface area (TPSA) is 111 Å². The molecule has 0 rings (SSSR count). The third-order valence-electron chi connectivity index (χ3n) is 2.26. The molecule has 0 atom stereocenters. The second-order valence-corrected chi connectivity index (χ2v) is 4.17. The molecule has 116 valence electrons. The largest absolute Gasteiger partial charge is 0.480 e. The number of hydrogen-bond acceptors (Lipinski definition) is 4. The lowest BCUT2D eigenvalue weighted by molar-refractivity contribution is -0.137. The second kappa shape index (κ2) is 9.84. The smallest absolute Gasteiger partial charge is 0.323 e. The van der Waals surface area contributed by atoms with Gasteiger partial charge in [-0.25, -0.2) is 9.59 Å². The number of aliphatic carboxylic acids is 1. The summed E-state index contributed by atoms with van der Waals surface area (Å²) >= 11 is 0. The molecule has 0 saturated carbocycles. The lowest BCUT2D eigenvalue weighted by Crippen LogP contribution is -2.47. The van der Waals surface area contributed by atoms with E-state index in [1.165, 1.54) is 12.0 Å². The first kappa shape index (κ1) is 18.0. The van der Waals surface area contributed by atoms with Crippen molar-refractivity contribution in [1.82, 2.24) is 20.4 Å². The van der Waals surface area contributed by atoms with Crippen molar-refractivity contribution in [2.75, 3.05) is 54.0 Å². The molecule has 0 saturated heterocycles. The van der Waals surface area contributed by atoms with Gasteiger partial charge in [0, 0.05) is 40.8 Å². The molecule has 0 aliphatic carbocycles. The lowest BCUT2D eigenvalue weighted by atomic mass is 10.5. The van der Waals surface area contributed by atoms with Gasteiger partial charge in [0.1, 0.15) is 6.54 Å². The van der Waals surface area contributed by atoms with Crippen molar-refractivity contribution < 1.29 is 24.2 Å². The summed E-state index contributed by atoms with van der Waals surface area (Å²) in [7, 11) is 4.67. The molecule has 20 heavy (non-hydrogen) atoms. The molecule has 0 aromatic heterocycles. The molecule has 3 N–H and O–H groups in total. The minimum Gasteiger partial charge on any atom is -0.480 e. The highest BCUT2D eigenvalue weighted by Gasteiger charge is 2.15. The van der Waals surface area contributed by atoms with Gasteiger partial charge in [0.25, 0.3) is 0 Å². The summed E-state index contributed by atoms with van der Waals surface area (Å²) in [5, 5.41) is 13.8. The first-order valence-electron chi connectivity index (χ1n) is 6.07. The van der Waals surface area contributed by atoms with Gasteiger partial charge in [-0.2, -0.15) is 0 Å². The number of nitrogens with zero attached hydrogens (tertiary/aromatic N) is 2. The molecule has 0 bridgehead atoms. The van der Waals surface area contributed by atoms with Crippen LogP contribution >= 0.6 is 0 Å². The van der Waals surface area contributed by atoms with Gasteiger partial charge in [0.05, 0.1) is 6.61 Å². The van der Waals surface area contributed by atoms with E-state index in [2.05, 4.69) is 10.6 Å². The van der Waals surface area contributed by atoms with E-state index in [9.17, 15) is 14.4 Å². The van der Waals surface area contributed by atoms with Gasteiger partial charge in [-0.1, -0.05) is 0 Å². The quantitative estimate of drug-likeness (QED) is 0.497. The van der Waals surface area contributed by atoms with E-state index in [0.717, 1.165) is 4.90 Å². The monoisotopic (exact) mass is 290 g/mol. The molecular formula is C11H22N4O5. The summed E-state index contributed by atoms with van der Waals surface area (Å²) in [4.78, 5) is 36.1. The number of urea groups is 2. The fourth-order valence-electron chi connectivity index (χ4n) is 1.23. The van der Waals surface area contributed by atoms with E-state index in [-0.39, 0.29) is 32.3 Å². The maximum absolute atomic E-state index is 11.7. The summed E-state index contributed by atoms with van der Waals surface area (Å²) in [6, 6.07) is -0.774. The zero-order chi connectivity index (χ0) is 15.5. The highest BCUT2D eigenvalue weighted by atomic mass is 16.5. The third kappa shape index (κ3) is 8.14. The van der Waals surface area contributed by atoms with Gasteiger partial charge < -0.3 is 30.3 Å². The van der Waals surface area contributed by atoms with Crippen LogP contribution in [-0.2, 0) is 9.53 Å². The Hall–Kier alpha value is -2.03. The summed E-state index contributed by atoms with van der Waals surface area (Å²) in [5.41, 5.74) is 0. The molecule has 0 aliphatic rings. The van der Waals surface area contributed by atoms with E-state index in [1.54, 1.807) is 14.1 Å². The summed E-state index contributed by atoms with van der Waals surface area (Å²) in [6.07, 6.45) is 0. The van der Waals surface area contributed by atoms with Gasteiger partial charge in [-0.15, -0.1) is 0 Å². The number of carbonyl (C=O) groups is 3. The first-order valence-corrected chi connectivity index (χ1v) is 6.07. The molecule has 0 radical (unpaired) electrons. The van der Waals surface area contributed by atoms with Crippen molar-refractivity contribution in [3.05, 3.63) is 0 Å². The number of amides is 4. The molecule has 0 spiro atoms. The van der Waals surface area contributed by atoms with Gasteiger partial charge in [0.15, 0.2) is 0 Å². The Kier molecular flexibility index (Phi) is 8.84. The average Bonchev–Trinajstić information content (AvgIpc) is 2.38. The van der Waals surface area contributed by atoms with Gasteiger partial charge in [-0.05, 0) is 0 Å². The summed E-state index contributed by atoms with van der Waals surface area (Å²) in [5.74, 6) is -1.10. The number of nitrogens with one attached hydrogen (secondary N) is 2. The van der Waals surface area contributed by atoms with Crippen molar-refractivity contribution in [2.45, 2.75) is 0 Å². The van der Waals surface area contributed by atoms with E-state index in [4.69, 9.17) is 9.84 Å². The molecule has 0 aromatic carbocycles. The Balaban J connectivity index is 4.05. The van der Waals surface area contributed by atoms with Crippen LogP contribution in [0, 0.1) is 0 Å². The van der Waals surface area contributed by atoms with Crippen LogP contribution in [0.1, 0.15) is 0 Å². The highest BCUT2D eigenvalue weighted by molar-refractivity contribution is 5.80. The van der Waals surface area contributed by atoms with E-state index in [1.807, 2.05) is 0 Å². The minimum absolute atomic E-state index is 0.179. The molecule has 4 amide bonds. The van der Waals surface area contributed by atoms with Crippen molar-refractivity contribution in [1.29, 1.82) is 0 Å². The second-order valence-electron chi connectivity index (χ2n) is 4.17. The molecule has 0 aromatic rings. The Morgan fingerprint density at radius 1 is 1.10 bits per heavy atom. The van der Waals surface area contributed by atoms with Gasteiger partial charge >= 0.3 is 18.0 Å². The van der Waals surface area contributed by atoms with E-state index in [0.29, 0.717) is 0 Å². The molecule has 0 aliphatic heterocycles. The molecule has 0 unspecified atom stereocenters. The number of ether oxygens (including phenoxy) is 1. The zero-order valence-electron chi connectivity index (χ0n) is 12.0. The minimum atomic E-state index is -1.10. The normalized spacial score (nSPS) is 9.75. The molecule has 0 fully saturated rings. The van der Waals surface area contributed by atoms with Gasteiger partial charge in [-0.3, -0.25) is 4.79 Å². The predicted octanol–water partition coefficient (Wildman–Crippen LogP) is -1.000. The van der Waals surface area contributed by atoms with Crippen molar-refractivity contribution in [2.24, 2.45) is 0 Å². The number of carbonyl (C=O) groups excluding carboxylic acids is 2. The van der Waals surface area contributed by atoms with Crippen LogP contribution in [-0.4, -0.2) is 86.9 Å². The molecular weight excluding hydrogens is 268 g/mol. The van der Waals surface area contributed by atoms with E-state index >= 15 is 0 Å². The molecule has 0 heterocycles. The van der Waals surface area contributed by atoms with Gasteiger partial charge in [0.2, 0.25) is 0 Å². The first-order chi connectivity index (χ1) is 9.38. The van der Waals surface area contributed by atoms with Crippen LogP contribution in [0.3, 0.4) is 0 Å². The predicted molar refractivity (Wildman–Crippen MR) is 71.6 cm³/mol. The SMILES string of the molecule is COCCN(CC(=O)O)C(=O)NCCNC(=O)N(C)C. The van der Waals surface area contributed by atoms with Crippen molar-refractivity contribution >= 4 is 18.0 Å². The Morgan fingerprint density at radius 3 is 2.10 bits per heavy atom. The highest BCUT2D eigenvalue weighted by Crippen LogP contribution is 1.90. The lowest BCUT2D eigenvalue weighted by Gasteiger charge is -2.21. The van der Waals surface area contributed by atoms with Crippen LogP contribution < -0.4 is 10.6 Å². The summed E-state index contributed by atoms with van der Waals surface area (Å²) in [6.45, 7) is 0.492. The average molecular weight is 290 g/mol. The third-order valence-corrected chi connectivity index (χ3v) is 2.26. The van der Waals surface area contributed by atoms with Crippen LogP contribution in [0.15, 0.2) is 0 Å². The van der Waals surface area contributed by atoms with Crippen molar-refractivity contribution in [3.8, 4) is 0 Å². The number of carboxylic acids is 1. The van der Waals surface area contributed by atoms with Crippen LogP contribution in [0.4, 0.5) is 9.59 Å². The molecule has 9 heteroatoms. The Morgan fingerprint density at radius 2 is 1.65 bits per heavy atom. The van der Waals surface area contributed by atoms with Crippen LogP contribution in [0.2, 0.25) is 0 Å². The Labute approximate surface area is 117 Å². The fourth-order valence-corrected chi connectivity index (χ4v) is 1.23. The number of hydrogen-bond donors (Lipinski definition) is 3. The zero-order valence-corrected chi connectivity index (χ0v) is 12.0. The molecule has 9 nitrogen and oxygen atoms in total. The summed E-state index contributed by atoms with van der Waals surface area (Å²) < 4.78 is 4.81. The number of carboxylic acid groups (broad SMARTS) is 1. The fraction of sp³-hybridized carbons (Fsp3) is 0.727. The Bertz CT molecular complexity index is 335. The van der Waals surface area contributed by atoms with Crippen LogP contribution in [0.25, 0.3) is 0 Å². The number of rotatable bonds is 8. The standard InChI is InChI=1S/C11H22N4O5/c1-14(2)10(18)12-4-5-13-11(19)15(6-7-20-3)8-9(16)17/h4-8H2,1-3H3,(H,12,18)(H,13,19)(H,16,17). The van der Waals surface area contributed by atoms with Crippen molar-refractivity contribution in [3.63, 3.8) is 0 Å². The maximum atomic E-state index is 11.7. The number of methoxy groups -OCH3 is 1. The van der Waals surface area contributed by atoms with E-state index < -0.39 is 18.5 Å². The van der Waals surface area contributed by atoms with Crippen LogP contribution in [0.5, 0.6) is 0 Å².